The van der Waals surface area contributed by atoms with Crippen LogP contribution in [0.15, 0.2) is 12.2 Å². The third kappa shape index (κ3) is 6.04. The molecule has 0 spiro atoms. The summed E-state index contributed by atoms with van der Waals surface area (Å²) in [7, 11) is 1.62. The molecule has 0 aliphatic carbocycles. The minimum Gasteiger partial charge on any atom is -0.395 e. The van der Waals surface area contributed by atoms with Gasteiger partial charge in [0.1, 0.15) is 0 Å². The van der Waals surface area contributed by atoms with Crippen LogP contribution in [-0.4, -0.2) is 38.0 Å². The Balaban J connectivity index is 3.43. The van der Waals surface area contributed by atoms with Crippen LogP contribution in [0.5, 0.6) is 0 Å². The average molecular weight is 159 g/mol. The Kier molecular flexibility index (Phi) is 6.12. The Morgan fingerprint density at radius 2 is 2.36 bits per heavy atom. The predicted octanol–water partition coefficient (Wildman–Crippen LogP) is 0.159. The van der Waals surface area contributed by atoms with Gasteiger partial charge in [-0.3, -0.25) is 0 Å². The minimum absolute atomic E-state index is 0.0247. The molecule has 0 heterocycles. The summed E-state index contributed by atoms with van der Waals surface area (Å²) >= 11 is 0. The maximum Gasteiger partial charge on any atom is 0.0638 e. The zero-order chi connectivity index (χ0) is 8.69. The molecular weight excluding hydrogens is 142 g/mol. The van der Waals surface area contributed by atoms with Gasteiger partial charge in [-0.25, -0.2) is 0 Å². The van der Waals surface area contributed by atoms with Crippen LogP contribution in [0.25, 0.3) is 0 Å². The summed E-state index contributed by atoms with van der Waals surface area (Å²) in [6.45, 7) is 7.04. The number of aliphatic hydroxyl groups is 1. The molecule has 0 fully saturated rings. The van der Waals surface area contributed by atoms with E-state index in [9.17, 15) is 0 Å². The van der Waals surface area contributed by atoms with Crippen molar-refractivity contribution in [3.63, 3.8) is 0 Å². The first kappa shape index (κ1) is 10.6. The molecule has 66 valence electrons. The second-order valence-electron chi connectivity index (χ2n) is 2.67. The Labute approximate surface area is 68.1 Å². The summed E-state index contributed by atoms with van der Waals surface area (Å²) in [6, 6.07) is 0.0247. The van der Waals surface area contributed by atoms with Crippen molar-refractivity contribution >= 4 is 0 Å². The molecule has 0 saturated carbocycles. The minimum atomic E-state index is 0.0247. The van der Waals surface area contributed by atoms with Crippen molar-refractivity contribution in [3.05, 3.63) is 12.2 Å². The molecule has 11 heavy (non-hydrogen) atoms. The number of nitrogens with one attached hydrogen (secondary N) is 1. The largest absolute Gasteiger partial charge is 0.395 e. The van der Waals surface area contributed by atoms with Gasteiger partial charge >= 0.3 is 0 Å². The van der Waals surface area contributed by atoms with Crippen molar-refractivity contribution in [2.24, 2.45) is 0 Å². The maximum atomic E-state index is 8.80. The topological polar surface area (TPSA) is 41.5 Å². The summed E-state index contributed by atoms with van der Waals surface area (Å²) in [4.78, 5) is 0. The van der Waals surface area contributed by atoms with Gasteiger partial charge in [-0.1, -0.05) is 12.2 Å². The molecule has 0 aliphatic rings. The van der Waals surface area contributed by atoms with E-state index in [1.807, 2.05) is 6.92 Å². The Morgan fingerprint density at radius 1 is 1.73 bits per heavy atom. The molecule has 0 amide bonds. The Morgan fingerprint density at radius 3 is 2.73 bits per heavy atom. The van der Waals surface area contributed by atoms with Crippen molar-refractivity contribution in [2.75, 3.05) is 26.9 Å². The first-order valence-corrected chi connectivity index (χ1v) is 3.68. The lowest BCUT2D eigenvalue weighted by molar-refractivity contribution is 0.130. The van der Waals surface area contributed by atoms with Crippen molar-refractivity contribution in [3.8, 4) is 0 Å². The van der Waals surface area contributed by atoms with E-state index in [4.69, 9.17) is 9.84 Å². The van der Waals surface area contributed by atoms with E-state index < -0.39 is 0 Å². The fourth-order valence-corrected chi connectivity index (χ4v) is 0.696. The van der Waals surface area contributed by atoms with E-state index >= 15 is 0 Å². The number of ether oxygens (including phenoxy) is 1. The van der Waals surface area contributed by atoms with Crippen LogP contribution in [0, 0.1) is 0 Å². The van der Waals surface area contributed by atoms with E-state index in [0.717, 1.165) is 12.1 Å². The first-order valence-electron chi connectivity index (χ1n) is 3.68. The van der Waals surface area contributed by atoms with Gasteiger partial charge in [-0.2, -0.15) is 0 Å². The maximum absolute atomic E-state index is 8.80. The number of aliphatic hydroxyl groups excluding tert-OH is 1. The van der Waals surface area contributed by atoms with Gasteiger partial charge in [0, 0.05) is 13.7 Å². The highest BCUT2D eigenvalue weighted by atomic mass is 16.5. The molecule has 0 aromatic rings. The lowest BCUT2D eigenvalue weighted by Crippen LogP contribution is -2.37. The van der Waals surface area contributed by atoms with Crippen LogP contribution < -0.4 is 5.32 Å². The fourth-order valence-electron chi connectivity index (χ4n) is 0.696. The Bertz CT molecular complexity index is 115. The molecule has 1 unspecified atom stereocenters. The molecule has 0 aromatic heterocycles. The SMILES string of the molecule is C=C(C)CNC(CO)COC. The first-order chi connectivity index (χ1) is 5.20. The van der Waals surface area contributed by atoms with Crippen LogP contribution in [-0.2, 0) is 4.74 Å². The molecule has 0 radical (unpaired) electrons. The monoisotopic (exact) mass is 159 g/mol. The summed E-state index contributed by atoms with van der Waals surface area (Å²) in [5.41, 5.74) is 1.06. The summed E-state index contributed by atoms with van der Waals surface area (Å²) in [6.07, 6.45) is 0. The molecule has 3 heteroatoms. The van der Waals surface area contributed by atoms with Gasteiger partial charge < -0.3 is 15.2 Å². The van der Waals surface area contributed by atoms with Crippen molar-refractivity contribution < 1.29 is 9.84 Å². The normalized spacial score (nSPS) is 13.0. The molecule has 2 N–H and O–H groups in total. The zero-order valence-corrected chi connectivity index (χ0v) is 7.26. The van der Waals surface area contributed by atoms with Gasteiger partial charge in [-0.05, 0) is 6.92 Å². The van der Waals surface area contributed by atoms with Crippen molar-refractivity contribution in [1.82, 2.24) is 5.32 Å². The summed E-state index contributed by atoms with van der Waals surface area (Å²) in [5, 5.41) is 11.9. The molecule has 0 bridgehead atoms. The molecule has 0 aliphatic heterocycles. The van der Waals surface area contributed by atoms with Crippen LogP contribution in [0.1, 0.15) is 6.92 Å². The lowest BCUT2D eigenvalue weighted by Gasteiger charge is -2.14. The summed E-state index contributed by atoms with van der Waals surface area (Å²) in [5.74, 6) is 0. The van der Waals surface area contributed by atoms with E-state index in [1.54, 1.807) is 7.11 Å². The average Bonchev–Trinajstić information content (AvgIpc) is 1.97. The van der Waals surface area contributed by atoms with Crippen molar-refractivity contribution in [2.45, 2.75) is 13.0 Å². The molecule has 1 atom stereocenters. The highest BCUT2D eigenvalue weighted by molar-refractivity contribution is 4.91. The van der Waals surface area contributed by atoms with Gasteiger partial charge in [0.25, 0.3) is 0 Å². The van der Waals surface area contributed by atoms with Crippen LogP contribution in [0.3, 0.4) is 0 Å². The standard InChI is InChI=1S/C8H17NO2/c1-7(2)4-9-8(5-10)6-11-3/h8-10H,1,4-6H2,2-3H3. The quantitative estimate of drug-likeness (QED) is 0.542. The van der Waals surface area contributed by atoms with Crippen LogP contribution in [0.2, 0.25) is 0 Å². The van der Waals surface area contributed by atoms with Gasteiger partial charge in [-0.15, -0.1) is 0 Å². The third-order valence-corrected chi connectivity index (χ3v) is 1.28. The van der Waals surface area contributed by atoms with E-state index in [2.05, 4.69) is 11.9 Å². The van der Waals surface area contributed by atoms with E-state index in [1.165, 1.54) is 0 Å². The zero-order valence-electron chi connectivity index (χ0n) is 7.26. The number of hydrogen-bond acceptors (Lipinski definition) is 3. The van der Waals surface area contributed by atoms with E-state index in [-0.39, 0.29) is 12.6 Å². The molecular formula is C8H17NO2. The number of rotatable bonds is 6. The number of methoxy groups -OCH3 is 1. The van der Waals surface area contributed by atoms with Gasteiger partial charge in [0.15, 0.2) is 0 Å². The number of hydrogen-bond donors (Lipinski definition) is 2. The predicted molar refractivity (Wildman–Crippen MR) is 45.6 cm³/mol. The second-order valence-corrected chi connectivity index (χ2v) is 2.67. The van der Waals surface area contributed by atoms with Crippen LogP contribution >= 0.6 is 0 Å². The smallest absolute Gasteiger partial charge is 0.0638 e. The highest BCUT2D eigenvalue weighted by Gasteiger charge is 2.04. The molecule has 0 aromatic carbocycles. The van der Waals surface area contributed by atoms with Gasteiger partial charge in [0.05, 0.1) is 19.3 Å². The Hall–Kier alpha value is -0.380. The van der Waals surface area contributed by atoms with Gasteiger partial charge in [0.2, 0.25) is 0 Å². The molecule has 0 saturated heterocycles. The van der Waals surface area contributed by atoms with Crippen molar-refractivity contribution in [1.29, 1.82) is 0 Å². The summed E-state index contributed by atoms with van der Waals surface area (Å²) < 4.78 is 4.87. The van der Waals surface area contributed by atoms with Crippen LogP contribution in [0.4, 0.5) is 0 Å². The molecule has 0 rings (SSSR count). The molecule has 3 nitrogen and oxygen atoms in total. The second kappa shape index (κ2) is 6.34. The van der Waals surface area contributed by atoms with E-state index in [0.29, 0.717) is 6.61 Å². The fraction of sp³-hybridized carbons (Fsp3) is 0.750. The highest BCUT2D eigenvalue weighted by Crippen LogP contribution is 1.87. The lowest BCUT2D eigenvalue weighted by atomic mass is 10.3. The third-order valence-electron chi connectivity index (χ3n) is 1.28.